The number of ketones is 1. The maximum Gasteiger partial charge on any atom is 0.162 e. The summed E-state index contributed by atoms with van der Waals surface area (Å²) in [5.74, 6) is 0.243. The summed E-state index contributed by atoms with van der Waals surface area (Å²) in [5, 5.41) is 0. The molecule has 1 rings (SSSR count). The first-order chi connectivity index (χ1) is 8.63. The van der Waals surface area contributed by atoms with Crippen molar-refractivity contribution in [2.75, 3.05) is 0 Å². The molecule has 0 fully saturated rings. The summed E-state index contributed by atoms with van der Waals surface area (Å²) in [6.07, 6.45) is 7.97. The van der Waals surface area contributed by atoms with Crippen LogP contribution in [0.3, 0.4) is 0 Å². The Bertz CT molecular complexity index is 368. The largest absolute Gasteiger partial charge is 0.294 e. The first kappa shape index (κ1) is 15.9. The topological polar surface area (TPSA) is 17.1 Å². The average molecular weight is 376 g/mol. The minimum atomic E-state index is 0.243. The number of benzene rings is 1. The van der Waals surface area contributed by atoms with Crippen LogP contribution < -0.4 is 0 Å². The van der Waals surface area contributed by atoms with Gasteiger partial charge in [-0.3, -0.25) is 4.79 Å². The highest BCUT2D eigenvalue weighted by Crippen LogP contribution is 2.21. The molecule has 3 heteroatoms. The smallest absolute Gasteiger partial charge is 0.162 e. The molecule has 0 heterocycles. The van der Waals surface area contributed by atoms with Gasteiger partial charge in [0.2, 0.25) is 0 Å². The Morgan fingerprint density at radius 2 is 1.50 bits per heavy atom. The van der Waals surface area contributed by atoms with E-state index in [9.17, 15) is 4.79 Å². The molecule has 0 aliphatic carbocycles. The highest BCUT2D eigenvalue weighted by Gasteiger charge is 2.07. The number of unbranched alkanes of at least 4 members (excludes halogenated alkanes) is 5. The summed E-state index contributed by atoms with van der Waals surface area (Å²) in [6, 6.07) is 5.73. The van der Waals surface area contributed by atoms with Crippen LogP contribution in [0.25, 0.3) is 0 Å². The van der Waals surface area contributed by atoms with Crippen LogP contribution in [0.5, 0.6) is 0 Å². The molecule has 0 spiro atoms. The van der Waals surface area contributed by atoms with Crippen LogP contribution >= 0.6 is 31.9 Å². The van der Waals surface area contributed by atoms with Gasteiger partial charge >= 0.3 is 0 Å². The highest BCUT2D eigenvalue weighted by molar-refractivity contribution is 9.11. The van der Waals surface area contributed by atoms with Gasteiger partial charge in [0.15, 0.2) is 5.78 Å². The molecule has 0 amide bonds. The van der Waals surface area contributed by atoms with Crippen molar-refractivity contribution in [1.29, 1.82) is 0 Å². The van der Waals surface area contributed by atoms with E-state index < -0.39 is 0 Å². The van der Waals surface area contributed by atoms with E-state index in [0.29, 0.717) is 6.42 Å². The molecule has 0 bridgehead atoms. The Balaban J connectivity index is 2.32. The molecule has 0 radical (unpaired) electrons. The monoisotopic (exact) mass is 374 g/mol. The van der Waals surface area contributed by atoms with Gasteiger partial charge in [0, 0.05) is 20.9 Å². The molecule has 1 nitrogen and oxygen atoms in total. The van der Waals surface area contributed by atoms with Crippen LogP contribution in [-0.2, 0) is 0 Å². The predicted octanol–water partition coefficient (Wildman–Crippen LogP) is 6.14. The van der Waals surface area contributed by atoms with Gasteiger partial charge in [0.25, 0.3) is 0 Å². The normalized spacial score (nSPS) is 10.6. The number of carbonyl (C=O) groups is 1. The van der Waals surface area contributed by atoms with Crippen molar-refractivity contribution in [3.8, 4) is 0 Å². The maximum atomic E-state index is 12.0. The number of hydrogen-bond donors (Lipinski definition) is 0. The molecule has 0 atom stereocenters. The van der Waals surface area contributed by atoms with Crippen LogP contribution in [0.1, 0.15) is 62.2 Å². The van der Waals surface area contributed by atoms with Crippen LogP contribution in [0.2, 0.25) is 0 Å². The van der Waals surface area contributed by atoms with Crippen molar-refractivity contribution in [1.82, 2.24) is 0 Å². The fourth-order valence-electron chi connectivity index (χ4n) is 1.93. The minimum absolute atomic E-state index is 0.243. The fourth-order valence-corrected chi connectivity index (χ4v) is 3.22. The van der Waals surface area contributed by atoms with Crippen molar-refractivity contribution in [3.63, 3.8) is 0 Å². The standard InChI is InChI=1S/C15H20Br2O/c1-2-3-4-5-6-7-8-15(18)12-9-13(16)11-14(17)10-12/h9-11H,2-8H2,1H3. The lowest BCUT2D eigenvalue weighted by molar-refractivity contribution is 0.0979. The number of rotatable bonds is 8. The summed E-state index contributed by atoms with van der Waals surface area (Å²) in [5.41, 5.74) is 0.796. The molecule has 0 saturated heterocycles. The number of halogens is 2. The lowest BCUT2D eigenvalue weighted by atomic mass is 10.0. The zero-order chi connectivity index (χ0) is 13.4. The number of Topliss-reactive ketones (excluding diaryl/α,β-unsaturated/α-hetero) is 1. The second-order valence-corrected chi connectivity index (χ2v) is 6.43. The molecule has 0 unspecified atom stereocenters. The van der Waals surface area contributed by atoms with Gasteiger partial charge in [-0.2, -0.15) is 0 Å². The quantitative estimate of drug-likeness (QED) is 0.393. The Hall–Kier alpha value is -0.150. The van der Waals surface area contributed by atoms with Crippen LogP contribution in [0, 0.1) is 0 Å². The lowest BCUT2D eigenvalue weighted by Gasteiger charge is -2.03. The van der Waals surface area contributed by atoms with Crippen LogP contribution in [0.15, 0.2) is 27.1 Å². The van der Waals surface area contributed by atoms with E-state index in [2.05, 4.69) is 38.8 Å². The zero-order valence-electron chi connectivity index (χ0n) is 10.8. The molecular formula is C15H20Br2O. The van der Waals surface area contributed by atoms with Gasteiger partial charge in [-0.1, -0.05) is 70.9 Å². The van der Waals surface area contributed by atoms with Crippen molar-refractivity contribution in [3.05, 3.63) is 32.7 Å². The van der Waals surface area contributed by atoms with Crippen LogP contribution in [-0.4, -0.2) is 5.78 Å². The molecular weight excluding hydrogens is 356 g/mol. The Morgan fingerprint density at radius 3 is 2.11 bits per heavy atom. The molecule has 0 N–H and O–H groups in total. The van der Waals surface area contributed by atoms with Gasteiger partial charge in [0.05, 0.1) is 0 Å². The fraction of sp³-hybridized carbons (Fsp3) is 0.533. The van der Waals surface area contributed by atoms with Crippen molar-refractivity contribution >= 4 is 37.6 Å². The minimum Gasteiger partial charge on any atom is -0.294 e. The van der Waals surface area contributed by atoms with E-state index in [-0.39, 0.29) is 5.78 Å². The second-order valence-electron chi connectivity index (χ2n) is 4.60. The van der Waals surface area contributed by atoms with Gasteiger partial charge in [-0.05, 0) is 24.6 Å². The Morgan fingerprint density at radius 1 is 0.944 bits per heavy atom. The van der Waals surface area contributed by atoms with Gasteiger partial charge in [-0.25, -0.2) is 0 Å². The molecule has 0 aliphatic heterocycles. The third-order valence-corrected chi connectivity index (χ3v) is 3.86. The highest BCUT2D eigenvalue weighted by atomic mass is 79.9. The van der Waals surface area contributed by atoms with Gasteiger partial charge < -0.3 is 0 Å². The van der Waals surface area contributed by atoms with Crippen molar-refractivity contribution in [2.24, 2.45) is 0 Å². The lowest BCUT2D eigenvalue weighted by Crippen LogP contribution is -1.99. The number of carbonyl (C=O) groups excluding carboxylic acids is 1. The molecule has 100 valence electrons. The second kappa shape index (κ2) is 8.87. The van der Waals surface area contributed by atoms with E-state index in [1.54, 1.807) is 0 Å². The third kappa shape index (κ3) is 6.14. The summed E-state index contributed by atoms with van der Waals surface area (Å²) in [6.45, 7) is 2.22. The summed E-state index contributed by atoms with van der Waals surface area (Å²) in [7, 11) is 0. The average Bonchev–Trinajstić information content (AvgIpc) is 2.32. The predicted molar refractivity (Wildman–Crippen MR) is 84.2 cm³/mol. The van der Waals surface area contributed by atoms with E-state index in [1.165, 1.54) is 32.1 Å². The molecule has 0 saturated carbocycles. The van der Waals surface area contributed by atoms with Crippen molar-refractivity contribution < 1.29 is 4.79 Å². The number of hydrogen-bond acceptors (Lipinski definition) is 1. The maximum absolute atomic E-state index is 12.0. The molecule has 1 aromatic carbocycles. The molecule has 18 heavy (non-hydrogen) atoms. The van der Waals surface area contributed by atoms with Gasteiger partial charge in [0.1, 0.15) is 0 Å². The summed E-state index contributed by atoms with van der Waals surface area (Å²) in [4.78, 5) is 12.0. The Labute approximate surface area is 127 Å². The van der Waals surface area contributed by atoms with Gasteiger partial charge in [-0.15, -0.1) is 0 Å². The summed E-state index contributed by atoms with van der Waals surface area (Å²) < 4.78 is 1.89. The van der Waals surface area contributed by atoms with E-state index in [1.807, 2.05) is 18.2 Å². The first-order valence-electron chi connectivity index (χ1n) is 6.62. The van der Waals surface area contributed by atoms with E-state index >= 15 is 0 Å². The molecule has 0 aliphatic rings. The summed E-state index contributed by atoms with van der Waals surface area (Å²) >= 11 is 6.82. The molecule has 0 aromatic heterocycles. The van der Waals surface area contributed by atoms with E-state index in [4.69, 9.17) is 0 Å². The first-order valence-corrected chi connectivity index (χ1v) is 8.21. The third-order valence-electron chi connectivity index (χ3n) is 2.94. The Kier molecular flexibility index (Phi) is 7.84. The van der Waals surface area contributed by atoms with Crippen molar-refractivity contribution in [2.45, 2.75) is 51.9 Å². The SMILES string of the molecule is CCCCCCCCC(=O)c1cc(Br)cc(Br)c1. The van der Waals surface area contributed by atoms with Crippen LogP contribution in [0.4, 0.5) is 0 Å². The zero-order valence-corrected chi connectivity index (χ0v) is 14.0. The van der Waals surface area contributed by atoms with E-state index in [0.717, 1.165) is 20.9 Å². The molecule has 1 aromatic rings.